The van der Waals surface area contributed by atoms with E-state index >= 15 is 0 Å². The Kier molecular flexibility index (Phi) is 3.96. The molecule has 1 aromatic carbocycles. The summed E-state index contributed by atoms with van der Waals surface area (Å²) in [7, 11) is 1.63. The molecule has 1 N–H and O–H groups in total. The van der Waals surface area contributed by atoms with E-state index in [1.54, 1.807) is 13.1 Å². The number of fused-ring (bicyclic) bond motifs is 1. The molecule has 1 fully saturated rings. The van der Waals surface area contributed by atoms with Gasteiger partial charge in [0.25, 0.3) is 5.56 Å². The lowest BCUT2D eigenvalue weighted by Crippen LogP contribution is -2.31. The fraction of sp³-hybridized carbons (Fsp3) is 0.400. The summed E-state index contributed by atoms with van der Waals surface area (Å²) < 4.78 is 1.33. The standard InChI is InChI=1S/C15H17N3O2S/c1-18-15(20)12-5-3-2-4-11(12)13(17-18)7-16-14(19)6-10-8-21-9-10/h2-5,10H,6-9H2,1H3,(H,16,19). The van der Waals surface area contributed by atoms with Crippen molar-refractivity contribution in [3.8, 4) is 0 Å². The normalized spacial score (nSPS) is 14.9. The summed E-state index contributed by atoms with van der Waals surface area (Å²) in [5, 5.41) is 8.62. The van der Waals surface area contributed by atoms with Crippen LogP contribution in [0.2, 0.25) is 0 Å². The third kappa shape index (κ3) is 2.95. The van der Waals surface area contributed by atoms with Gasteiger partial charge in [0, 0.05) is 18.9 Å². The highest BCUT2D eigenvalue weighted by Crippen LogP contribution is 2.27. The van der Waals surface area contributed by atoms with E-state index in [-0.39, 0.29) is 11.5 Å². The zero-order valence-electron chi connectivity index (χ0n) is 11.8. The topological polar surface area (TPSA) is 64.0 Å². The van der Waals surface area contributed by atoms with Crippen LogP contribution in [0.3, 0.4) is 0 Å². The molecule has 1 saturated heterocycles. The first kappa shape index (κ1) is 14.1. The summed E-state index contributed by atoms with van der Waals surface area (Å²) >= 11 is 1.88. The number of aryl methyl sites for hydroxylation is 1. The van der Waals surface area contributed by atoms with Gasteiger partial charge in [-0.15, -0.1) is 0 Å². The van der Waals surface area contributed by atoms with Crippen LogP contribution >= 0.6 is 11.8 Å². The fourth-order valence-electron chi connectivity index (χ4n) is 2.43. The Morgan fingerprint density at radius 3 is 2.76 bits per heavy atom. The second-order valence-corrected chi connectivity index (χ2v) is 6.38. The molecule has 0 spiro atoms. The number of rotatable bonds is 4. The molecule has 6 heteroatoms. The van der Waals surface area contributed by atoms with E-state index in [0.717, 1.165) is 22.6 Å². The van der Waals surface area contributed by atoms with Crippen LogP contribution in [0.25, 0.3) is 10.8 Å². The predicted octanol–water partition coefficient (Wildman–Crippen LogP) is 1.30. The number of aromatic nitrogens is 2. The first-order valence-electron chi connectivity index (χ1n) is 6.94. The van der Waals surface area contributed by atoms with Crippen molar-refractivity contribution in [3.05, 3.63) is 40.3 Å². The van der Waals surface area contributed by atoms with Crippen LogP contribution in [-0.4, -0.2) is 27.2 Å². The van der Waals surface area contributed by atoms with Crippen molar-refractivity contribution in [1.82, 2.24) is 15.1 Å². The van der Waals surface area contributed by atoms with Gasteiger partial charge in [-0.1, -0.05) is 18.2 Å². The third-order valence-corrected chi connectivity index (χ3v) is 5.08. The van der Waals surface area contributed by atoms with Crippen LogP contribution < -0.4 is 10.9 Å². The molecule has 110 valence electrons. The predicted molar refractivity (Wildman–Crippen MR) is 84.3 cm³/mol. The summed E-state index contributed by atoms with van der Waals surface area (Å²) in [4.78, 5) is 23.9. The second kappa shape index (κ2) is 5.89. The number of carbonyl (C=O) groups is 1. The molecule has 2 aromatic rings. The summed E-state index contributed by atoms with van der Waals surface area (Å²) in [6.45, 7) is 0.354. The lowest BCUT2D eigenvalue weighted by Gasteiger charge is -2.23. The van der Waals surface area contributed by atoms with Crippen molar-refractivity contribution in [1.29, 1.82) is 0 Å². The summed E-state index contributed by atoms with van der Waals surface area (Å²) in [6.07, 6.45) is 0.580. The number of hydrogen-bond donors (Lipinski definition) is 1. The molecule has 2 heterocycles. The number of nitrogens with one attached hydrogen (secondary N) is 1. The van der Waals surface area contributed by atoms with Crippen molar-refractivity contribution in [2.75, 3.05) is 11.5 Å². The molecule has 5 nitrogen and oxygen atoms in total. The first-order chi connectivity index (χ1) is 10.1. The Balaban J connectivity index is 1.78. The zero-order chi connectivity index (χ0) is 14.8. The SMILES string of the molecule is Cn1nc(CNC(=O)CC2CSC2)c2ccccc2c1=O. The van der Waals surface area contributed by atoms with Crippen LogP contribution in [0, 0.1) is 5.92 Å². The Hall–Kier alpha value is -1.82. The van der Waals surface area contributed by atoms with E-state index < -0.39 is 0 Å². The van der Waals surface area contributed by atoms with Gasteiger partial charge in [-0.05, 0) is 23.5 Å². The molecule has 1 aliphatic rings. The molecular formula is C15H17N3O2S. The average molecular weight is 303 g/mol. The molecule has 0 atom stereocenters. The maximum atomic E-state index is 12.0. The molecule has 21 heavy (non-hydrogen) atoms. The molecule has 0 aliphatic carbocycles. The third-order valence-electron chi connectivity index (χ3n) is 3.67. The minimum Gasteiger partial charge on any atom is -0.350 e. The van der Waals surface area contributed by atoms with E-state index in [2.05, 4.69) is 10.4 Å². The number of carbonyl (C=O) groups excluding carboxylic acids is 1. The highest BCUT2D eigenvalue weighted by molar-refractivity contribution is 8.00. The average Bonchev–Trinajstić information content (AvgIpc) is 2.45. The monoisotopic (exact) mass is 303 g/mol. The number of hydrogen-bond acceptors (Lipinski definition) is 4. The quantitative estimate of drug-likeness (QED) is 0.925. The number of nitrogens with zero attached hydrogens (tertiary/aromatic N) is 2. The van der Waals surface area contributed by atoms with Gasteiger partial charge in [0.2, 0.25) is 5.91 Å². The van der Waals surface area contributed by atoms with Gasteiger partial charge in [-0.2, -0.15) is 16.9 Å². The van der Waals surface area contributed by atoms with E-state index in [1.807, 2.05) is 30.0 Å². The molecule has 0 saturated carbocycles. The fourth-order valence-corrected chi connectivity index (χ4v) is 3.23. The van der Waals surface area contributed by atoms with Gasteiger partial charge >= 0.3 is 0 Å². The van der Waals surface area contributed by atoms with Gasteiger partial charge in [-0.3, -0.25) is 9.59 Å². The van der Waals surface area contributed by atoms with E-state index in [0.29, 0.717) is 24.3 Å². The molecule has 0 bridgehead atoms. The molecule has 0 unspecified atom stereocenters. The van der Waals surface area contributed by atoms with Gasteiger partial charge in [0.15, 0.2) is 0 Å². The largest absolute Gasteiger partial charge is 0.350 e. The maximum Gasteiger partial charge on any atom is 0.274 e. The van der Waals surface area contributed by atoms with E-state index in [1.165, 1.54) is 4.68 Å². The van der Waals surface area contributed by atoms with Crippen LogP contribution in [0.15, 0.2) is 29.1 Å². The van der Waals surface area contributed by atoms with E-state index in [9.17, 15) is 9.59 Å². The Morgan fingerprint density at radius 2 is 2.10 bits per heavy atom. The molecule has 0 radical (unpaired) electrons. The summed E-state index contributed by atoms with van der Waals surface area (Å²) in [5.74, 6) is 2.72. The van der Waals surface area contributed by atoms with Gasteiger partial charge in [0.1, 0.15) is 0 Å². The number of benzene rings is 1. The van der Waals surface area contributed by atoms with Gasteiger partial charge in [-0.25, -0.2) is 4.68 Å². The molecular weight excluding hydrogens is 286 g/mol. The minimum absolute atomic E-state index is 0.0556. The van der Waals surface area contributed by atoms with Gasteiger partial charge in [0.05, 0.1) is 17.6 Å². The molecule has 3 rings (SSSR count). The van der Waals surface area contributed by atoms with Crippen LogP contribution in [0.1, 0.15) is 12.1 Å². The molecule has 1 amide bonds. The highest BCUT2D eigenvalue weighted by Gasteiger charge is 2.21. The Labute approximate surface area is 126 Å². The van der Waals surface area contributed by atoms with Crippen LogP contribution in [0.4, 0.5) is 0 Å². The lowest BCUT2D eigenvalue weighted by atomic mass is 10.1. The highest BCUT2D eigenvalue weighted by atomic mass is 32.2. The summed E-state index contributed by atoms with van der Waals surface area (Å²) in [5.41, 5.74) is 0.608. The first-order valence-corrected chi connectivity index (χ1v) is 8.10. The van der Waals surface area contributed by atoms with E-state index in [4.69, 9.17) is 0 Å². The second-order valence-electron chi connectivity index (χ2n) is 5.31. The van der Waals surface area contributed by atoms with Crippen molar-refractivity contribution in [2.45, 2.75) is 13.0 Å². The van der Waals surface area contributed by atoms with Crippen LogP contribution in [0.5, 0.6) is 0 Å². The Bertz CT molecular complexity index is 737. The smallest absolute Gasteiger partial charge is 0.274 e. The van der Waals surface area contributed by atoms with Crippen molar-refractivity contribution in [2.24, 2.45) is 13.0 Å². The van der Waals surface area contributed by atoms with Crippen molar-refractivity contribution >= 4 is 28.4 Å². The molecule has 1 aromatic heterocycles. The zero-order valence-corrected chi connectivity index (χ0v) is 12.7. The van der Waals surface area contributed by atoms with Gasteiger partial charge < -0.3 is 5.32 Å². The minimum atomic E-state index is -0.118. The van der Waals surface area contributed by atoms with Crippen molar-refractivity contribution in [3.63, 3.8) is 0 Å². The lowest BCUT2D eigenvalue weighted by molar-refractivity contribution is -0.121. The number of amides is 1. The Morgan fingerprint density at radius 1 is 1.38 bits per heavy atom. The number of thioether (sulfide) groups is 1. The molecule has 1 aliphatic heterocycles. The van der Waals surface area contributed by atoms with Crippen molar-refractivity contribution < 1.29 is 4.79 Å². The van der Waals surface area contributed by atoms with Crippen LogP contribution in [-0.2, 0) is 18.4 Å². The maximum absolute atomic E-state index is 12.0. The summed E-state index contributed by atoms with van der Waals surface area (Å²) in [6, 6.07) is 7.37.